The molecule has 0 amide bonds. The molecule has 0 aliphatic carbocycles. The van der Waals surface area contributed by atoms with Gasteiger partial charge in [-0.05, 0) is 111 Å². The number of aliphatic carboxylic acids is 1. The van der Waals surface area contributed by atoms with Crippen LogP contribution in [0.4, 0.5) is 11.4 Å². The van der Waals surface area contributed by atoms with E-state index in [0.717, 1.165) is 23.0 Å². The maximum Gasteiger partial charge on any atom is 0.303 e. The average molecular weight is 1100 g/mol. The number of hydrogen-bond donors (Lipinski definition) is 5. The minimum absolute atomic E-state index is 0.0268. The molecule has 2 aliphatic rings. The van der Waals surface area contributed by atoms with Gasteiger partial charge in [-0.3, -0.25) is 23.0 Å². The Bertz CT molecular complexity index is 3440. The summed E-state index contributed by atoms with van der Waals surface area (Å²) in [4.78, 5) is 11.7. The quantitative estimate of drug-likeness (QED) is 0.0175. The molecular weight excluding hydrogens is 1040 g/mol. The first-order chi connectivity index (χ1) is 34.7. The Hall–Kier alpha value is -5.18. The van der Waals surface area contributed by atoms with E-state index in [2.05, 4.69) is 11.8 Å². The zero-order valence-corrected chi connectivity index (χ0v) is 45.0. The van der Waals surface area contributed by atoms with E-state index in [1.165, 1.54) is 19.2 Å². The molecule has 0 fully saturated rings. The Morgan fingerprint density at radius 2 is 1.27 bits per heavy atom. The summed E-state index contributed by atoms with van der Waals surface area (Å²) in [6, 6.07) is 11.7. The first-order valence-corrected chi connectivity index (χ1v) is 29.6. The predicted molar refractivity (Wildman–Crippen MR) is 280 cm³/mol. The topological polar surface area (TPSA) is 289 Å². The lowest BCUT2D eigenvalue weighted by Crippen LogP contribution is -2.32. The Kier molecular flexibility index (Phi) is 18.3. The summed E-state index contributed by atoms with van der Waals surface area (Å²) in [5.74, 6) is -1.51. The number of carboxylic acids is 1. The van der Waals surface area contributed by atoms with Gasteiger partial charge in [-0.1, -0.05) is 48.9 Å². The van der Waals surface area contributed by atoms with E-state index in [9.17, 15) is 61.8 Å². The number of carbonyl (C=O) groups is 1. The van der Waals surface area contributed by atoms with Gasteiger partial charge < -0.3 is 24.2 Å². The SMILES string of the molecule is COCCc1cc(S(=O)(=O)O)c2ccc3c(c2c1)C(C)(CCOC)\C(=C/C=C/C=C/C=C/C1=[N+](CCOC)c2ccc4c(S(=O)(=O)O)cc(S(=O)(=O)O)cc4c2C1(C)CCCS(=O)(=O)O)N3CCCCCC(=O)O. The molecule has 4 aromatic carbocycles. The van der Waals surface area contributed by atoms with Crippen LogP contribution in [0.5, 0.6) is 0 Å². The van der Waals surface area contributed by atoms with E-state index in [1.807, 2.05) is 28.9 Å². The molecule has 2 aliphatic heterocycles. The summed E-state index contributed by atoms with van der Waals surface area (Å²) < 4.78 is 159. The van der Waals surface area contributed by atoms with Crippen molar-refractivity contribution in [2.24, 2.45) is 0 Å². The van der Waals surface area contributed by atoms with Gasteiger partial charge in [0, 0.05) is 86.2 Å². The van der Waals surface area contributed by atoms with E-state index in [1.54, 1.807) is 63.7 Å². The summed E-state index contributed by atoms with van der Waals surface area (Å²) >= 11 is 0. The molecule has 2 atom stereocenters. The molecule has 2 unspecified atom stereocenters. The van der Waals surface area contributed by atoms with Crippen LogP contribution in [-0.2, 0) is 76.7 Å². The minimum Gasteiger partial charge on any atom is -0.481 e. The van der Waals surface area contributed by atoms with Gasteiger partial charge in [0.1, 0.15) is 16.4 Å². The lowest BCUT2D eigenvalue weighted by Gasteiger charge is -2.30. The number of rotatable bonds is 26. The Morgan fingerprint density at radius 3 is 1.89 bits per heavy atom. The number of allylic oxidation sites excluding steroid dienone is 8. The largest absolute Gasteiger partial charge is 0.481 e. The number of anilines is 1. The predicted octanol–water partition coefficient (Wildman–Crippen LogP) is 7.60. The van der Waals surface area contributed by atoms with Crippen molar-refractivity contribution < 1.29 is 80.6 Å². The number of hydrogen-bond acceptors (Lipinski definition) is 13. The van der Waals surface area contributed by atoms with Crippen LogP contribution in [0.15, 0.2) is 111 Å². The number of benzene rings is 4. The first-order valence-electron chi connectivity index (χ1n) is 23.6. The second-order valence-corrected chi connectivity index (χ2v) is 24.4. The van der Waals surface area contributed by atoms with Gasteiger partial charge in [-0.15, -0.1) is 0 Å². The van der Waals surface area contributed by atoms with Crippen molar-refractivity contribution in [1.29, 1.82) is 0 Å². The second-order valence-electron chi connectivity index (χ2n) is 18.7. The number of nitrogens with zero attached hydrogens (tertiary/aromatic N) is 2. The second kappa shape index (κ2) is 23.4. The van der Waals surface area contributed by atoms with E-state index in [4.69, 9.17) is 14.2 Å². The van der Waals surface area contributed by atoms with Crippen LogP contribution in [-0.4, -0.2) is 133 Å². The van der Waals surface area contributed by atoms with Crippen LogP contribution >= 0.6 is 0 Å². The smallest absolute Gasteiger partial charge is 0.303 e. The molecule has 0 saturated heterocycles. The van der Waals surface area contributed by atoms with Gasteiger partial charge in [-0.25, -0.2) is 0 Å². The van der Waals surface area contributed by atoms with Crippen molar-refractivity contribution in [3.05, 3.63) is 113 Å². The third kappa shape index (κ3) is 12.9. The fourth-order valence-electron chi connectivity index (χ4n) is 10.3. The van der Waals surface area contributed by atoms with Crippen molar-refractivity contribution in [1.82, 2.24) is 0 Å². The highest BCUT2D eigenvalue weighted by Crippen LogP contribution is 2.54. The zero-order chi connectivity index (χ0) is 54.4. The summed E-state index contributed by atoms with van der Waals surface area (Å²) in [5.41, 5.74) is 2.62. The van der Waals surface area contributed by atoms with Gasteiger partial charge in [0.15, 0.2) is 12.3 Å². The maximum atomic E-state index is 12.9. The zero-order valence-electron chi connectivity index (χ0n) is 41.7. The molecule has 2 heterocycles. The number of methoxy groups -OCH3 is 3. The third-order valence-corrected chi connectivity index (χ3v) is 17.1. The lowest BCUT2D eigenvalue weighted by molar-refractivity contribution is -0.441. The van der Waals surface area contributed by atoms with Crippen LogP contribution in [0.25, 0.3) is 21.5 Å². The average Bonchev–Trinajstić information content (AvgIpc) is 3.69. The Morgan fingerprint density at radius 1 is 0.649 bits per heavy atom. The fraction of sp³-hybridized carbons (Fsp3) is 0.412. The Balaban J connectivity index is 1.46. The Labute approximate surface area is 432 Å². The molecule has 0 spiro atoms. The van der Waals surface area contributed by atoms with Crippen LogP contribution < -0.4 is 4.90 Å². The van der Waals surface area contributed by atoms with Crippen LogP contribution in [0, 0.1) is 0 Å². The van der Waals surface area contributed by atoms with Crippen molar-refractivity contribution >= 4 is 85.1 Å². The van der Waals surface area contributed by atoms with E-state index < -0.39 is 72.8 Å². The van der Waals surface area contributed by atoms with E-state index in [0.29, 0.717) is 91.2 Å². The van der Waals surface area contributed by atoms with Gasteiger partial charge >= 0.3 is 5.97 Å². The highest BCUT2D eigenvalue weighted by atomic mass is 32.2. The van der Waals surface area contributed by atoms with Gasteiger partial charge in [0.25, 0.3) is 40.5 Å². The van der Waals surface area contributed by atoms with Crippen LogP contribution in [0.1, 0.15) is 75.5 Å². The molecule has 0 bridgehead atoms. The van der Waals surface area contributed by atoms with Crippen molar-refractivity contribution in [3.63, 3.8) is 0 Å². The third-order valence-electron chi connectivity index (χ3n) is 13.7. The monoisotopic (exact) mass is 1100 g/mol. The summed E-state index contributed by atoms with van der Waals surface area (Å²) in [6.07, 6.45) is 15.2. The molecule has 6 rings (SSSR count). The molecule has 0 radical (unpaired) electrons. The van der Waals surface area contributed by atoms with Crippen molar-refractivity contribution in [2.75, 3.05) is 64.9 Å². The van der Waals surface area contributed by atoms with Crippen molar-refractivity contribution in [2.45, 2.75) is 90.7 Å². The van der Waals surface area contributed by atoms with Crippen LogP contribution in [0.3, 0.4) is 0 Å². The highest BCUT2D eigenvalue weighted by molar-refractivity contribution is 7.87. The van der Waals surface area contributed by atoms with Crippen molar-refractivity contribution in [3.8, 4) is 0 Å². The fourth-order valence-corrected chi connectivity index (χ4v) is 12.9. The van der Waals surface area contributed by atoms with Gasteiger partial charge in [-0.2, -0.15) is 38.2 Å². The summed E-state index contributed by atoms with van der Waals surface area (Å²) in [6.45, 7) is 5.36. The first kappa shape index (κ1) is 58.1. The normalized spacial score (nSPS) is 19.1. The number of carboxylic acid groups (broad SMARTS) is 1. The number of ether oxygens (including phenoxy) is 3. The molecule has 5 N–H and O–H groups in total. The van der Waals surface area contributed by atoms with Gasteiger partial charge in [0.05, 0.1) is 22.7 Å². The molecule has 19 nitrogen and oxygen atoms in total. The molecule has 402 valence electrons. The number of fused-ring (bicyclic) bond motifs is 6. The maximum absolute atomic E-state index is 12.9. The van der Waals surface area contributed by atoms with E-state index >= 15 is 0 Å². The molecule has 0 saturated carbocycles. The minimum atomic E-state index is -5.05. The molecule has 0 aromatic heterocycles. The molecule has 4 aromatic rings. The molecule has 74 heavy (non-hydrogen) atoms. The summed E-state index contributed by atoms with van der Waals surface area (Å²) in [7, 11) is -14.5. The number of unbranched alkanes of at least 4 members (excludes halogenated alkanes) is 2. The van der Waals surface area contributed by atoms with E-state index in [-0.39, 0.29) is 48.1 Å². The lowest BCUT2D eigenvalue weighted by atomic mass is 9.74. The molecular formula is C51H63N2O17S4+. The molecule has 23 heteroatoms. The standard InChI is InChI=1S/C51H62N2O17S4/c1-50(23-14-30-71(56,57)58)45(53(26-29-70-5)42-21-19-38-40(49(42)50)33-36(72(59,60)61)34-44(38)74(65,66)67)15-10-7-6-8-11-16-46-51(2,24-28-69-4)48-39-31-35(22-27-68-3)32-43(73(62,63)64)37(39)18-20-41(48)52(46)25-13-9-12-17-47(54)55/h6-8,10-11,15-16,18-21,31-34H,9,12-14,17,22-30H2,1-5H3,(H4-,54,55,56,57,58,59,60,61,62,63,64,65,66,67)/p+1. The van der Waals surface area contributed by atoms with Crippen LogP contribution in [0.2, 0.25) is 0 Å². The summed E-state index contributed by atoms with van der Waals surface area (Å²) in [5, 5.41) is 10.3. The van der Waals surface area contributed by atoms with Gasteiger partial charge in [0.2, 0.25) is 5.69 Å². The highest BCUT2D eigenvalue weighted by Gasteiger charge is 2.49.